The summed E-state index contributed by atoms with van der Waals surface area (Å²) in [7, 11) is 1.28. The Morgan fingerprint density at radius 1 is 1.00 bits per heavy atom. The van der Waals surface area contributed by atoms with E-state index in [4.69, 9.17) is 14.2 Å². The zero-order valence-electron chi connectivity index (χ0n) is 26.4. The molecule has 1 saturated heterocycles. The number of rotatable bonds is 14. The number of aliphatic hydroxyl groups is 2. The molecular formula is C36H45N3O7. The number of benzene rings is 3. The van der Waals surface area contributed by atoms with Crippen LogP contribution in [0.2, 0.25) is 0 Å². The quantitative estimate of drug-likeness (QED) is 0.247. The van der Waals surface area contributed by atoms with E-state index < -0.39 is 30.4 Å². The summed E-state index contributed by atoms with van der Waals surface area (Å²) in [6, 6.07) is 23.9. The number of methoxy groups -OCH3 is 1. The third kappa shape index (κ3) is 9.07. The van der Waals surface area contributed by atoms with E-state index >= 15 is 0 Å². The van der Waals surface area contributed by atoms with Crippen molar-refractivity contribution in [3.05, 3.63) is 101 Å². The van der Waals surface area contributed by atoms with Crippen LogP contribution in [-0.4, -0.2) is 96.8 Å². The molecule has 1 aliphatic heterocycles. The first-order chi connectivity index (χ1) is 22.4. The summed E-state index contributed by atoms with van der Waals surface area (Å²) in [6.07, 6.45) is -1.40. The predicted molar refractivity (Wildman–Crippen MR) is 173 cm³/mol. The molecule has 46 heavy (non-hydrogen) atoms. The normalized spacial score (nSPS) is 19.1. The Hall–Kier alpha value is -3.96. The topological polar surface area (TPSA) is 121 Å². The van der Waals surface area contributed by atoms with Gasteiger partial charge in [0.2, 0.25) is 5.91 Å². The Morgan fingerprint density at radius 2 is 1.72 bits per heavy atom. The molecule has 3 N–H and O–H groups in total. The molecule has 1 aliphatic carbocycles. The first-order valence-corrected chi connectivity index (χ1v) is 16.0. The highest BCUT2D eigenvalue weighted by atomic mass is 16.5. The van der Waals surface area contributed by atoms with E-state index in [2.05, 4.69) is 10.2 Å². The molecule has 0 radical (unpaired) electrons. The average molecular weight is 632 g/mol. The van der Waals surface area contributed by atoms with Crippen molar-refractivity contribution in [1.82, 2.24) is 15.1 Å². The van der Waals surface area contributed by atoms with E-state index in [1.165, 1.54) is 7.11 Å². The molecule has 1 heterocycles. The summed E-state index contributed by atoms with van der Waals surface area (Å²) in [4.78, 5) is 30.1. The number of alkyl carbamates (subject to hydrolysis) is 1. The molecule has 0 saturated carbocycles. The highest BCUT2D eigenvalue weighted by molar-refractivity contribution is 5.77. The molecule has 3 aromatic carbocycles. The maximum absolute atomic E-state index is 14.0. The standard InChI is InChI=1S/C36H45N3O7/c1-44-36(43)37-31(23-26-7-3-2-4-8-26)32(40)15-16-34(42)39(35-30-10-6-5-9-28(30)24-33(35)41)25-27-11-13-29(14-12-27)46-22-19-38-17-20-45-21-18-38/h2-14,31-33,35,40-41H,15-25H2,1H3,(H,37,43)/t31-,32-,33+,35-/m0/s1. The lowest BCUT2D eigenvalue weighted by Gasteiger charge is -2.33. The first kappa shape index (κ1) is 33.4. The van der Waals surface area contributed by atoms with Crippen molar-refractivity contribution >= 4 is 12.0 Å². The van der Waals surface area contributed by atoms with Gasteiger partial charge in [-0.25, -0.2) is 4.79 Å². The number of hydrogen-bond donors (Lipinski definition) is 3. The van der Waals surface area contributed by atoms with E-state index in [1.54, 1.807) is 4.90 Å². The zero-order chi connectivity index (χ0) is 32.3. The molecule has 0 aromatic heterocycles. The number of amides is 2. The lowest BCUT2D eigenvalue weighted by atomic mass is 9.97. The van der Waals surface area contributed by atoms with Crippen LogP contribution in [-0.2, 0) is 33.7 Å². The molecule has 10 nitrogen and oxygen atoms in total. The van der Waals surface area contributed by atoms with E-state index in [1.807, 2.05) is 78.9 Å². The SMILES string of the molecule is COC(=O)N[C@@H](Cc1ccccc1)[C@@H](O)CCC(=O)N(Cc1ccc(OCCN2CCOCC2)cc1)[C@H]1c2ccccc2C[C@H]1O. The van der Waals surface area contributed by atoms with E-state index in [-0.39, 0.29) is 25.3 Å². The number of aliphatic hydroxyl groups excluding tert-OH is 2. The van der Waals surface area contributed by atoms with Crippen LogP contribution in [0, 0.1) is 0 Å². The fourth-order valence-electron chi connectivity index (χ4n) is 6.25. The van der Waals surface area contributed by atoms with Gasteiger partial charge in [-0.3, -0.25) is 9.69 Å². The number of fused-ring (bicyclic) bond motifs is 1. The first-order valence-electron chi connectivity index (χ1n) is 16.0. The molecule has 2 aliphatic rings. The van der Waals surface area contributed by atoms with Gasteiger partial charge in [0.25, 0.3) is 0 Å². The maximum atomic E-state index is 14.0. The minimum atomic E-state index is -1.00. The molecule has 10 heteroatoms. The number of carbonyl (C=O) groups excluding carboxylic acids is 2. The molecular weight excluding hydrogens is 586 g/mol. The van der Waals surface area contributed by atoms with E-state index in [0.29, 0.717) is 19.4 Å². The highest BCUT2D eigenvalue weighted by Crippen LogP contribution is 2.37. The average Bonchev–Trinajstić information content (AvgIpc) is 3.42. The van der Waals surface area contributed by atoms with Gasteiger partial charge >= 0.3 is 6.09 Å². The van der Waals surface area contributed by atoms with Gasteiger partial charge in [0.1, 0.15) is 12.4 Å². The van der Waals surface area contributed by atoms with Gasteiger partial charge in [-0.05, 0) is 47.2 Å². The number of morpholine rings is 1. The fourth-order valence-corrected chi connectivity index (χ4v) is 6.25. The summed E-state index contributed by atoms with van der Waals surface area (Å²) < 4.78 is 16.2. The van der Waals surface area contributed by atoms with Crippen LogP contribution in [0.3, 0.4) is 0 Å². The van der Waals surface area contributed by atoms with Crippen LogP contribution in [0.25, 0.3) is 0 Å². The largest absolute Gasteiger partial charge is 0.492 e. The minimum absolute atomic E-state index is 0.0312. The second-order valence-electron chi connectivity index (χ2n) is 11.9. The van der Waals surface area contributed by atoms with Gasteiger partial charge in [0, 0.05) is 39.0 Å². The van der Waals surface area contributed by atoms with Crippen molar-refractivity contribution in [2.24, 2.45) is 0 Å². The van der Waals surface area contributed by atoms with Crippen molar-refractivity contribution in [3.8, 4) is 5.75 Å². The Morgan fingerprint density at radius 3 is 2.46 bits per heavy atom. The van der Waals surface area contributed by atoms with Crippen LogP contribution < -0.4 is 10.1 Å². The van der Waals surface area contributed by atoms with Crippen LogP contribution in [0.15, 0.2) is 78.9 Å². The smallest absolute Gasteiger partial charge is 0.407 e. The summed E-state index contributed by atoms with van der Waals surface area (Å²) in [5, 5.41) is 25.1. The molecule has 5 rings (SSSR count). The van der Waals surface area contributed by atoms with E-state index in [0.717, 1.165) is 60.9 Å². The van der Waals surface area contributed by atoms with Crippen molar-refractivity contribution in [3.63, 3.8) is 0 Å². The van der Waals surface area contributed by atoms with Crippen molar-refractivity contribution < 1.29 is 34.0 Å². The number of carbonyl (C=O) groups is 2. The van der Waals surface area contributed by atoms with Crippen LogP contribution in [0.5, 0.6) is 5.75 Å². The molecule has 0 unspecified atom stereocenters. The maximum Gasteiger partial charge on any atom is 0.407 e. The second kappa shape index (κ2) is 16.6. The van der Waals surface area contributed by atoms with Crippen LogP contribution >= 0.6 is 0 Å². The van der Waals surface area contributed by atoms with Gasteiger partial charge in [0.15, 0.2) is 0 Å². The Balaban J connectivity index is 1.26. The number of nitrogens with one attached hydrogen (secondary N) is 1. The van der Waals surface area contributed by atoms with E-state index in [9.17, 15) is 19.8 Å². The number of nitrogens with zero attached hydrogens (tertiary/aromatic N) is 2. The molecule has 4 atom stereocenters. The Bertz CT molecular complexity index is 1400. The van der Waals surface area contributed by atoms with Crippen LogP contribution in [0.4, 0.5) is 4.79 Å². The van der Waals surface area contributed by atoms with Gasteiger partial charge in [0.05, 0.1) is 44.6 Å². The molecule has 1 fully saturated rings. The third-order valence-electron chi connectivity index (χ3n) is 8.79. The highest BCUT2D eigenvalue weighted by Gasteiger charge is 2.38. The monoisotopic (exact) mass is 631 g/mol. The zero-order valence-corrected chi connectivity index (χ0v) is 26.4. The predicted octanol–water partition coefficient (Wildman–Crippen LogP) is 3.49. The van der Waals surface area contributed by atoms with Gasteiger partial charge < -0.3 is 34.6 Å². The molecule has 246 valence electrons. The van der Waals surface area contributed by atoms with Crippen molar-refractivity contribution in [2.45, 2.75) is 56.5 Å². The Labute approximate surface area is 270 Å². The minimum Gasteiger partial charge on any atom is -0.492 e. The lowest BCUT2D eigenvalue weighted by Crippen LogP contribution is -2.45. The van der Waals surface area contributed by atoms with Gasteiger partial charge in [-0.15, -0.1) is 0 Å². The van der Waals surface area contributed by atoms with Gasteiger partial charge in [-0.2, -0.15) is 0 Å². The third-order valence-corrected chi connectivity index (χ3v) is 8.79. The van der Waals surface area contributed by atoms with Gasteiger partial charge in [-0.1, -0.05) is 66.7 Å². The summed E-state index contributed by atoms with van der Waals surface area (Å²) in [6.45, 7) is 5.02. The van der Waals surface area contributed by atoms with Crippen LogP contribution in [0.1, 0.15) is 41.1 Å². The lowest BCUT2D eigenvalue weighted by molar-refractivity contribution is -0.137. The fraction of sp³-hybridized carbons (Fsp3) is 0.444. The molecule has 0 bridgehead atoms. The summed E-state index contributed by atoms with van der Waals surface area (Å²) in [5.74, 6) is 0.564. The molecule has 0 spiro atoms. The summed E-state index contributed by atoms with van der Waals surface area (Å²) >= 11 is 0. The molecule has 2 amide bonds. The number of ether oxygens (including phenoxy) is 3. The Kier molecular flexibility index (Phi) is 12.0. The molecule has 3 aromatic rings. The van der Waals surface area contributed by atoms with Crippen molar-refractivity contribution in [2.75, 3.05) is 46.6 Å². The number of hydrogen-bond acceptors (Lipinski definition) is 8. The summed E-state index contributed by atoms with van der Waals surface area (Å²) in [5.41, 5.74) is 3.80. The van der Waals surface area contributed by atoms with Crippen molar-refractivity contribution in [1.29, 1.82) is 0 Å². The second-order valence-corrected chi connectivity index (χ2v) is 11.9.